The summed E-state index contributed by atoms with van der Waals surface area (Å²) in [6.07, 6.45) is 14.2. The lowest BCUT2D eigenvalue weighted by molar-refractivity contribution is 0.796. The van der Waals surface area contributed by atoms with Crippen LogP contribution in [0.5, 0.6) is 0 Å². The highest BCUT2D eigenvalue weighted by atomic mass is 15.6. The van der Waals surface area contributed by atoms with Gasteiger partial charge in [0.1, 0.15) is 12.1 Å². The summed E-state index contributed by atoms with van der Waals surface area (Å²) >= 11 is 0. The molecule has 0 fully saturated rings. The summed E-state index contributed by atoms with van der Waals surface area (Å²) in [6.45, 7) is 6.00. The predicted molar refractivity (Wildman–Crippen MR) is 89.3 cm³/mol. The summed E-state index contributed by atoms with van der Waals surface area (Å²) in [5.41, 5.74) is 4.94. The van der Waals surface area contributed by atoms with Crippen LogP contribution in [0.15, 0.2) is 61.7 Å². The molecule has 7 heteroatoms. The number of imidazole rings is 1. The third-order valence-electron chi connectivity index (χ3n) is 3.93. The highest BCUT2D eigenvalue weighted by Gasteiger charge is 2.22. The molecule has 2 aromatic rings. The van der Waals surface area contributed by atoms with Gasteiger partial charge in [0.2, 0.25) is 0 Å². The first-order valence-corrected chi connectivity index (χ1v) is 7.49. The molecule has 2 aliphatic heterocycles. The first-order valence-electron chi connectivity index (χ1n) is 7.49. The first kappa shape index (κ1) is 13.6. The molecule has 0 bridgehead atoms. The smallest absolute Gasteiger partial charge is 0.157 e. The maximum absolute atomic E-state index is 4.39. The number of hydrogen-bond acceptors (Lipinski definition) is 6. The van der Waals surface area contributed by atoms with Crippen LogP contribution in [-0.2, 0) is 0 Å². The van der Waals surface area contributed by atoms with E-state index in [0.717, 1.165) is 42.5 Å². The molecule has 0 saturated carbocycles. The van der Waals surface area contributed by atoms with E-state index in [9.17, 15) is 0 Å². The number of nitrogens with one attached hydrogen (secondary N) is 1. The van der Waals surface area contributed by atoms with Gasteiger partial charge in [0.05, 0.1) is 17.7 Å². The number of aromatic nitrogens is 4. The Hall–Kier alpha value is -3.09. The molecule has 23 heavy (non-hydrogen) atoms. The van der Waals surface area contributed by atoms with Crippen molar-refractivity contribution in [1.29, 1.82) is 0 Å². The average molecular weight is 307 g/mol. The number of hydrazine groups is 1. The largest absolute Gasteiger partial charge is 0.352 e. The highest BCUT2D eigenvalue weighted by Crippen LogP contribution is 2.28. The molecule has 7 nitrogen and oxygen atoms in total. The minimum atomic E-state index is 0.765. The van der Waals surface area contributed by atoms with E-state index in [-0.39, 0.29) is 0 Å². The molecule has 0 atom stereocenters. The average Bonchev–Trinajstić information content (AvgIpc) is 3.25. The molecule has 0 aromatic carbocycles. The molecule has 4 rings (SSSR count). The van der Waals surface area contributed by atoms with Gasteiger partial charge in [-0.3, -0.25) is 5.43 Å². The zero-order chi connectivity index (χ0) is 15.6. The fourth-order valence-electron chi connectivity index (χ4n) is 2.71. The maximum Gasteiger partial charge on any atom is 0.157 e. The van der Waals surface area contributed by atoms with E-state index in [1.807, 2.05) is 28.0 Å². The van der Waals surface area contributed by atoms with E-state index >= 15 is 0 Å². The third-order valence-corrected chi connectivity index (χ3v) is 3.93. The van der Waals surface area contributed by atoms with E-state index in [4.69, 9.17) is 0 Å². The summed E-state index contributed by atoms with van der Waals surface area (Å²) in [5, 5.41) is 1.85. The fourth-order valence-corrected chi connectivity index (χ4v) is 2.71. The minimum absolute atomic E-state index is 0.765. The van der Waals surface area contributed by atoms with Crippen molar-refractivity contribution in [1.82, 2.24) is 24.9 Å². The molecular weight excluding hydrogens is 290 g/mol. The molecule has 0 aliphatic carbocycles. The summed E-state index contributed by atoms with van der Waals surface area (Å²) in [7, 11) is 0. The van der Waals surface area contributed by atoms with Crippen LogP contribution < -0.4 is 15.3 Å². The maximum atomic E-state index is 4.39. The molecule has 2 aliphatic rings. The fraction of sp³-hybridized carbons (Fsp3) is 0.188. The van der Waals surface area contributed by atoms with Crippen LogP contribution in [0, 0.1) is 0 Å². The van der Waals surface area contributed by atoms with Crippen LogP contribution in [0.4, 0.5) is 11.6 Å². The van der Waals surface area contributed by atoms with Crippen LogP contribution in [0.3, 0.4) is 0 Å². The van der Waals surface area contributed by atoms with Gasteiger partial charge in [0, 0.05) is 37.7 Å². The quantitative estimate of drug-likeness (QED) is 0.872. The standard InChI is InChI=1S/C16H17N7/c1-13-14(22-8-5-17-12-22)10-20-23(13)16-9-15(18-11-19-16)21-6-3-2-4-7-21/h2-3,5,8-12,20H,1,4,6-7H2. The SMILES string of the molecule is C=C1C(n2ccnc2)=CNN1c1cc(N2CC=CCC2)ncn1. The van der Waals surface area contributed by atoms with E-state index in [0.29, 0.717) is 0 Å². The van der Waals surface area contributed by atoms with Gasteiger partial charge in [-0.2, -0.15) is 0 Å². The minimum Gasteiger partial charge on any atom is -0.352 e. The number of anilines is 2. The van der Waals surface area contributed by atoms with E-state index in [1.54, 1.807) is 18.9 Å². The molecule has 4 heterocycles. The van der Waals surface area contributed by atoms with Gasteiger partial charge in [-0.1, -0.05) is 18.7 Å². The van der Waals surface area contributed by atoms with Crippen LogP contribution in [-0.4, -0.2) is 32.6 Å². The second-order valence-electron chi connectivity index (χ2n) is 5.35. The van der Waals surface area contributed by atoms with Crippen molar-refractivity contribution >= 4 is 17.3 Å². The first-order chi connectivity index (χ1) is 11.3. The van der Waals surface area contributed by atoms with Crippen LogP contribution in [0.1, 0.15) is 6.42 Å². The lowest BCUT2D eigenvalue weighted by Gasteiger charge is -2.26. The second-order valence-corrected chi connectivity index (χ2v) is 5.35. The van der Waals surface area contributed by atoms with Gasteiger partial charge < -0.3 is 9.47 Å². The van der Waals surface area contributed by atoms with Crippen molar-refractivity contribution < 1.29 is 0 Å². The molecule has 0 saturated heterocycles. The predicted octanol–water partition coefficient (Wildman–Crippen LogP) is 1.78. The Labute approximate surface area is 134 Å². The summed E-state index contributed by atoms with van der Waals surface area (Å²) < 4.78 is 1.91. The van der Waals surface area contributed by atoms with Gasteiger partial charge in [-0.25, -0.2) is 20.0 Å². The summed E-state index contributed by atoms with van der Waals surface area (Å²) in [4.78, 5) is 15.1. The van der Waals surface area contributed by atoms with E-state index in [1.165, 1.54) is 0 Å². The molecule has 0 radical (unpaired) electrons. The van der Waals surface area contributed by atoms with Crippen molar-refractivity contribution in [3.8, 4) is 0 Å². The van der Waals surface area contributed by atoms with Crippen LogP contribution >= 0.6 is 0 Å². The van der Waals surface area contributed by atoms with Crippen molar-refractivity contribution in [2.45, 2.75) is 6.42 Å². The summed E-state index contributed by atoms with van der Waals surface area (Å²) in [6, 6.07) is 1.97. The Bertz CT molecular complexity index is 775. The Morgan fingerprint density at radius 1 is 1.17 bits per heavy atom. The van der Waals surface area contributed by atoms with Crippen LogP contribution in [0.2, 0.25) is 0 Å². The number of nitrogens with zero attached hydrogens (tertiary/aromatic N) is 6. The van der Waals surface area contributed by atoms with Gasteiger partial charge >= 0.3 is 0 Å². The molecule has 0 amide bonds. The van der Waals surface area contributed by atoms with Crippen molar-refractivity contribution in [2.24, 2.45) is 0 Å². The van der Waals surface area contributed by atoms with Gasteiger partial charge in [0.15, 0.2) is 5.82 Å². The normalized spacial score (nSPS) is 17.4. The second kappa shape index (κ2) is 5.60. The van der Waals surface area contributed by atoms with Gasteiger partial charge in [0.25, 0.3) is 0 Å². The van der Waals surface area contributed by atoms with Crippen LogP contribution in [0.25, 0.3) is 5.70 Å². The number of allylic oxidation sites excluding steroid dienone is 1. The molecule has 2 aromatic heterocycles. The van der Waals surface area contributed by atoms with E-state index in [2.05, 4.69) is 44.0 Å². The Morgan fingerprint density at radius 3 is 2.87 bits per heavy atom. The van der Waals surface area contributed by atoms with Crippen molar-refractivity contribution in [3.05, 3.63) is 61.7 Å². The third kappa shape index (κ3) is 2.46. The molecule has 0 unspecified atom stereocenters. The molecule has 116 valence electrons. The van der Waals surface area contributed by atoms with Gasteiger partial charge in [-0.15, -0.1) is 0 Å². The Morgan fingerprint density at radius 2 is 2.09 bits per heavy atom. The van der Waals surface area contributed by atoms with Crippen molar-refractivity contribution in [3.63, 3.8) is 0 Å². The zero-order valence-corrected chi connectivity index (χ0v) is 12.6. The van der Waals surface area contributed by atoms with Gasteiger partial charge in [-0.05, 0) is 6.42 Å². The van der Waals surface area contributed by atoms with E-state index < -0.39 is 0 Å². The lowest BCUT2D eigenvalue weighted by atomic mass is 10.2. The Kier molecular flexibility index (Phi) is 3.30. The molecule has 1 N–H and O–H groups in total. The zero-order valence-electron chi connectivity index (χ0n) is 12.6. The number of hydrogen-bond donors (Lipinski definition) is 1. The molecular formula is C16H17N7. The van der Waals surface area contributed by atoms with Crippen molar-refractivity contribution in [2.75, 3.05) is 23.0 Å². The monoisotopic (exact) mass is 307 g/mol. The summed E-state index contributed by atoms with van der Waals surface area (Å²) in [5.74, 6) is 1.69. The lowest BCUT2D eigenvalue weighted by Crippen LogP contribution is -2.31. The number of rotatable bonds is 3. The molecule has 0 spiro atoms. The Balaban J connectivity index is 1.57. The topological polar surface area (TPSA) is 62.1 Å². The highest BCUT2D eigenvalue weighted by molar-refractivity contribution is 5.74.